The van der Waals surface area contributed by atoms with Gasteiger partial charge in [-0.25, -0.2) is 0 Å². The van der Waals surface area contributed by atoms with Crippen LogP contribution in [0, 0.1) is 0 Å². The van der Waals surface area contributed by atoms with Crippen LogP contribution in [0.1, 0.15) is 25.1 Å². The number of thioether (sulfide) groups is 1. The third-order valence-electron chi connectivity index (χ3n) is 4.67. The van der Waals surface area contributed by atoms with E-state index in [2.05, 4.69) is 31.6 Å². The van der Waals surface area contributed by atoms with Crippen molar-refractivity contribution >= 4 is 35.0 Å². The summed E-state index contributed by atoms with van der Waals surface area (Å²) in [5, 5.41) is 12.9. The van der Waals surface area contributed by atoms with E-state index in [4.69, 9.17) is 11.6 Å². The minimum Gasteiger partial charge on any atom is -0.325 e. The van der Waals surface area contributed by atoms with Crippen molar-refractivity contribution in [3.05, 3.63) is 47.8 Å². The first-order chi connectivity index (χ1) is 13.7. The molecule has 0 unspecified atom stereocenters. The molecule has 0 atom stereocenters. The summed E-state index contributed by atoms with van der Waals surface area (Å²) in [6.45, 7) is 7.82. The SMILES string of the molecule is C=CCn1c(CCN2CCCCC2)nnc1SCC(=O)Nc1ccc(Cl)cc1. The predicted molar refractivity (Wildman–Crippen MR) is 115 cm³/mol. The number of hydrogen-bond acceptors (Lipinski definition) is 5. The number of hydrogen-bond donors (Lipinski definition) is 1. The molecule has 0 spiro atoms. The van der Waals surface area contributed by atoms with Crippen LogP contribution in [0.4, 0.5) is 5.69 Å². The van der Waals surface area contributed by atoms with Crippen molar-refractivity contribution in [1.82, 2.24) is 19.7 Å². The molecule has 1 aromatic heterocycles. The molecule has 8 heteroatoms. The minimum atomic E-state index is -0.0876. The fraction of sp³-hybridized carbons (Fsp3) is 0.450. The van der Waals surface area contributed by atoms with Crippen LogP contribution in [0.15, 0.2) is 42.1 Å². The van der Waals surface area contributed by atoms with E-state index in [1.54, 1.807) is 24.3 Å². The summed E-state index contributed by atoms with van der Waals surface area (Å²) in [6.07, 6.45) is 6.60. The van der Waals surface area contributed by atoms with Crippen molar-refractivity contribution in [2.45, 2.75) is 37.4 Å². The van der Waals surface area contributed by atoms with Crippen LogP contribution in [0.25, 0.3) is 0 Å². The zero-order valence-corrected chi connectivity index (χ0v) is 17.5. The van der Waals surface area contributed by atoms with Crippen LogP contribution in [0.2, 0.25) is 5.02 Å². The van der Waals surface area contributed by atoms with E-state index in [0.29, 0.717) is 11.6 Å². The average molecular weight is 420 g/mol. The lowest BCUT2D eigenvalue weighted by atomic mass is 10.1. The van der Waals surface area contributed by atoms with Crippen molar-refractivity contribution in [3.8, 4) is 0 Å². The second kappa shape index (κ2) is 10.6. The van der Waals surface area contributed by atoms with Crippen LogP contribution in [-0.4, -0.2) is 51.0 Å². The van der Waals surface area contributed by atoms with Crippen molar-refractivity contribution in [2.24, 2.45) is 0 Å². The van der Waals surface area contributed by atoms with Crippen molar-refractivity contribution < 1.29 is 4.79 Å². The monoisotopic (exact) mass is 419 g/mol. The molecule has 6 nitrogen and oxygen atoms in total. The van der Waals surface area contributed by atoms with Gasteiger partial charge >= 0.3 is 0 Å². The van der Waals surface area contributed by atoms with Crippen molar-refractivity contribution in [3.63, 3.8) is 0 Å². The molecule has 1 saturated heterocycles. The van der Waals surface area contributed by atoms with Gasteiger partial charge in [0.25, 0.3) is 0 Å². The van der Waals surface area contributed by atoms with Gasteiger partial charge in [0.05, 0.1) is 5.75 Å². The maximum atomic E-state index is 12.2. The zero-order valence-electron chi connectivity index (χ0n) is 15.9. The zero-order chi connectivity index (χ0) is 19.8. The van der Waals surface area contributed by atoms with Gasteiger partial charge in [-0.2, -0.15) is 0 Å². The standard InChI is InChI=1S/C20H26ClN5OS/c1-2-11-26-18(10-14-25-12-4-3-5-13-25)23-24-20(26)28-15-19(27)22-17-8-6-16(21)7-9-17/h2,6-9H,1,3-5,10-15H2,(H,22,27). The molecule has 1 aromatic carbocycles. The molecule has 2 aromatic rings. The Balaban J connectivity index is 1.55. The second-order valence-electron chi connectivity index (χ2n) is 6.79. The fourth-order valence-corrected chi connectivity index (χ4v) is 4.12. The normalized spacial score (nSPS) is 14.8. The van der Waals surface area contributed by atoms with Crippen LogP contribution in [0.3, 0.4) is 0 Å². The molecule has 1 amide bonds. The van der Waals surface area contributed by atoms with Gasteiger partial charge in [-0.3, -0.25) is 4.79 Å². The number of halogens is 1. The summed E-state index contributed by atoms with van der Waals surface area (Å²) in [5.74, 6) is 1.13. The van der Waals surface area contributed by atoms with E-state index >= 15 is 0 Å². The number of carbonyl (C=O) groups excluding carboxylic acids is 1. The van der Waals surface area contributed by atoms with E-state index in [0.717, 1.165) is 29.6 Å². The molecule has 0 aliphatic carbocycles. The lowest BCUT2D eigenvalue weighted by molar-refractivity contribution is -0.113. The molecule has 0 saturated carbocycles. The summed E-state index contributed by atoms with van der Waals surface area (Å²) in [7, 11) is 0. The first-order valence-corrected chi connectivity index (χ1v) is 11.0. The van der Waals surface area contributed by atoms with E-state index < -0.39 is 0 Å². The van der Waals surface area contributed by atoms with Gasteiger partial charge in [0.15, 0.2) is 5.16 Å². The molecule has 150 valence electrons. The third-order valence-corrected chi connectivity index (χ3v) is 5.88. The Kier molecular flexibility index (Phi) is 7.94. The first kappa shape index (κ1) is 20.9. The van der Waals surface area contributed by atoms with Gasteiger partial charge in [0, 0.05) is 30.2 Å². The van der Waals surface area contributed by atoms with E-state index in [1.165, 1.54) is 44.1 Å². The average Bonchev–Trinajstić information content (AvgIpc) is 3.09. The van der Waals surface area contributed by atoms with Crippen LogP contribution >= 0.6 is 23.4 Å². The second-order valence-corrected chi connectivity index (χ2v) is 8.17. The molecular weight excluding hydrogens is 394 g/mol. The highest BCUT2D eigenvalue weighted by atomic mass is 35.5. The molecule has 1 fully saturated rings. The highest BCUT2D eigenvalue weighted by Crippen LogP contribution is 2.19. The van der Waals surface area contributed by atoms with E-state index in [1.807, 2.05) is 6.08 Å². The fourth-order valence-electron chi connectivity index (χ4n) is 3.22. The Morgan fingerprint density at radius 2 is 1.96 bits per heavy atom. The van der Waals surface area contributed by atoms with Crippen molar-refractivity contribution in [2.75, 3.05) is 30.7 Å². The van der Waals surface area contributed by atoms with Crippen molar-refractivity contribution in [1.29, 1.82) is 0 Å². The summed E-state index contributed by atoms with van der Waals surface area (Å²) < 4.78 is 2.05. The Hall–Kier alpha value is -1.83. The largest absolute Gasteiger partial charge is 0.325 e. The Morgan fingerprint density at radius 3 is 2.68 bits per heavy atom. The molecular formula is C20H26ClN5OS. The molecule has 0 bridgehead atoms. The summed E-state index contributed by atoms with van der Waals surface area (Å²) in [6, 6.07) is 7.06. The van der Waals surface area contributed by atoms with Crippen LogP contribution < -0.4 is 5.32 Å². The summed E-state index contributed by atoms with van der Waals surface area (Å²) in [4.78, 5) is 14.7. The number of anilines is 1. The van der Waals surface area contributed by atoms with Gasteiger partial charge in [0.1, 0.15) is 5.82 Å². The smallest absolute Gasteiger partial charge is 0.234 e. The van der Waals surface area contributed by atoms with Gasteiger partial charge in [-0.05, 0) is 50.2 Å². The van der Waals surface area contributed by atoms with Gasteiger partial charge in [-0.1, -0.05) is 35.9 Å². The topological polar surface area (TPSA) is 63.1 Å². The maximum absolute atomic E-state index is 12.2. The van der Waals surface area contributed by atoms with Crippen LogP contribution in [-0.2, 0) is 17.8 Å². The first-order valence-electron chi connectivity index (χ1n) is 9.59. The van der Waals surface area contributed by atoms with Gasteiger partial charge in [-0.15, -0.1) is 16.8 Å². The number of allylic oxidation sites excluding steroid dienone is 1. The van der Waals surface area contributed by atoms with Crippen LogP contribution in [0.5, 0.6) is 0 Å². The third kappa shape index (κ3) is 6.09. The lowest BCUT2D eigenvalue weighted by Gasteiger charge is -2.26. The number of likely N-dealkylation sites (tertiary alicyclic amines) is 1. The molecule has 1 aliphatic heterocycles. The highest BCUT2D eigenvalue weighted by Gasteiger charge is 2.16. The maximum Gasteiger partial charge on any atom is 0.234 e. The number of benzene rings is 1. The number of carbonyl (C=O) groups is 1. The Morgan fingerprint density at radius 1 is 1.21 bits per heavy atom. The quantitative estimate of drug-likeness (QED) is 0.493. The molecule has 0 radical (unpaired) electrons. The minimum absolute atomic E-state index is 0.0876. The Bertz CT molecular complexity index is 786. The number of rotatable bonds is 9. The Labute approximate surface area is 175 Å². The molecule has 3 rings (SSSR count). The summed E-state index contributed by atoms with van der Waals surface area (Å²) in [5.41, 5.74) is 0.727. The van der Waals surface area contributed by atoms with E-state index in [9.17, 15) is 4.79 Å². The number of piperidine rings is 1. The molecule has 28 heavy (non-hydrogen) atoms. The molecule has 2 heterocycles. The number of amides is 1. The molecule has 1 N–H and O–H groups in total. The number of nitrogens with one attached hydrogen (secondary N) is 1. The number of nitrogens with zero attached hydrogens (tertiary/aromatic N) is 4. The highest BCUT2D eigenvalue weighted by molar-refractivity contribution is 7.99. The van der Waals surface area contributed by atoms with Gasteiger partial charge in [0.2, 0.25) is 5.91 Å². The number of aromatic nitrogens is 3. The van der Waals surface area contributed by atoms with E-state index in [-0.39, 0.29) is 11.7 Å². The van der Waals surface area contributed by atoms with Gasteiger partial charge < -0.3 is 14.8 Å². The summed E-state index contributed by atoms with van der Waals surface area (Å²) >= 11 is 7.26. The molecule has 1 aliphatic rings. The lowest BCUT2D eigenvalue weighted by Crippen LogP contribution is -2.32. The predicted octanol–water partition coefficient (Wildman–Crippen LogP) is 3.88.